The minimum atomic E-state index is 0.168. The fraction of sp³-hybridized carbons (Fsp3) is 0.900. The smallest absolute Gasteiger partial charge is 0.221 e. The Balaban J connectivity index is 1.73. The Hall–Kier alpha value is -0.570. The molecule has 1 spiro atoms. The van der Waals surface area contributed by atoms with Gasteiger partial charge in [0.1, 0.15) is 0 Å². The van der Waals surface area contributed by atoms with Gasteiger partial charge in [0.25, 0.3) is 0 Å². The first kappa shape index (κ1) is 9.00. The molecule has 2 aliphatic rings. The van der Waals surface area contributed by atoms with Crippen LogP contribution >= 0.6 is 0 Å². The number of nitrogens with zero attached hydrogens (tertiary/aromatic N) is 1. The molecule has 0 unspecified atom stereocenters. The van der Waals surface area contributed by atoms with Crippen molar-refractivity contribution in [1.29, 1.82) is 0 Å². The molecule has 0 aromatic heterocycles. The van der Waals surface area contributed by atoms with E-state index < -0.39 is 0 Å². The van der Waals surface area contributed by atoms with Gasteiger partial charge in [-0.15, -0.1) is 0 Å². The van der Waals surface area contributed by atoms with Gasteiger partial charge >= 0.3 is 0 Å². The molecule has 0 aromatic rings. The fourth-order valence-corrected chi connectivity index (χ4v) is 2.45. The summed E-state index contributed by atoms with van der Waals surface area (Å²) in [6, 6.07) is 0. The van der Waals surface area contributed by atoms with Crippen molar-refractivity contribution in [3.8, 4) is 0 Å². The van der Waals surface area contributed by atoms with Crippen molar-refractivity contribution in [3.63, 3.8) is 0 Å². The monoisotopic (exact) mass is 182 g/mol. The second kappa shape index (κ2) is 3.29. The Morgan fingerprint density at radius 3 is 2.62 bits per heavy atom. The van der Waals surface area contributed by atoms with Gasteiger partial charge in [-0.25, -0.2) is 0 Å². The van der Waals surface area contributed by atoms with Gasteiger partial charge in [0, 0.05) is 32.1 Å². The minimum Gasteiger partial charge on any atom is -0.359 e. The summed E-state index contributed by atoms with van der Waals surface area (Å²) >= 11 is 0. The van der Waals surface area contributed by atoms with Gasteiger partial charge in [-0.3, -0.25) is 9.69 Å². The molecule has 0 radical (unpaired) electrons. The Morgan fingerprint density at radius 2 is 2.23 bits per heavy atom. The van der Waals surface area contributed by atoms with Crippen LogP contribution < -0.4 is 5.32 Å². The molecule has 1 aliphatic carbocycles. The highest BCUT2D eigenvalue weighted by Gasteiger charge is 2.48. The van der Waals surface area contributed by atoms with Crippen LogP contribution in [0.5, 0.6) is 0 Å². The first-order valence-electron chi connectivity index (χ1n) is 5.22. The van der Waals surface area contributed by atoms with Crippen molar-refractivity contribution in [3.05, 3.63) is 0 Å². The van der Waals surface area contributed by atoms with E-state index in [2.05, 4.69) is 10.2 Å². The number of hydrogen-bond acceptors (Lipinski definition) is 2. The van der Waals surface area contributed by atoms with Gasteiger partial charge in [0.2, 0.25) is 5.91 Å². The molecular weight excluding hydrogens is 164 g/mol. The highest BCUT2D eigenvalue weighted by Crippen LogP contribution is 2.46. The van der Waals surface area contributed by atoms with Crippen molar-refractivity contribution >= 4 is 5.91 Å². The summed E-state index contributed by atoms with van der Waals surface area (Å²) in [5.74, 6) is 0.168. The van der Waals surface area contributed by atoms with Crippen molar-refractivity contribution in [1.82, 2.24) is 10.2 Å². The molecule has 1 saturated heterocycles. The number of nitrogens with one attached hydrogen (secondary N) is 1. The summed E-state index contributed by atoms with van der Waals surface area (Å²) in [4.78, 5) is 13.5. The number of rotatable bonds is 3. The SMILES string of the molecule is CNC(=O)CCN1CCC12CCC2. The maximum absolute atomic E-state index is 11.0. The molecular formula is C10H18N2O. The molecule has 1 amide bonds. The van der Waals surface area contributed by atoms with Crippen molar-refractivity contribution in [2.24, 2.45) is 0 Å². The average Bonchev–Trinajstić information content (AvgIpc) is 1.99. The molecule has 3 heteroatoms. The molecule has 1 aliphatic heterocycles. The number of hydrogen-bond donors (Lipinski definition) is 1. The Labute approximate surface area is 79.5 Å². The van der Waals surface area contributed by atoms with E-state index in [0.29, 0.717) is 12.0 Å². The molecule has 0 aromatic carbocycles. The zero-order chi connectivity index (χ0) is 9.31. The van der Waals surface area contributed by atoms with Gasteiger partial charge < -0.3 is 5.32 Å². The molecule has 0 bridgehead atoms. The van der Waals surface area contributed by atoms with Crippen molar-refractivity contribution in [2.75, 3.05) is 20.1 Å². The quantitative estimate of drug-likeness (QED) is 0.698. The number of amides is 1. The zero-order valence-electron chi connectivity index (χ0n) is 8.31. The minimum absolute atomic E-state index is 0.168. The predicted octanol–water partition coefficient (Wildman–Crippen LogP) is 0.751. The first-order chi connectivity index (χ1) is 6.27. The first-order valence-corrected chi connectivity index (χ1v) is 5.22. The molecule has 1 saturated carbocycles. The molecule has 74 valence electrons. The molecule has 0 atom stereocenters. The Morgan fingerprint density at radius 1 is 1.46 bits per heavy atom. The normalized spacial score (nSPS) is 25.0. The highest BCUT2D eigenvalue weighted by atomic mass is 16.1. The molecule has 3 nitrogen and oxygen atoms in total. The van der Waals surface area contributed by atoms with E-state index in [1.807, 2.05) is 0 Å². The van der Waals surface area contributed by atoms with Crippen molar-refractivity contribution < 1.29 is 4.79 Å². The number of carbonyl (C=O) groups is 1. The van der Waals surface area contributed by atoms with Crippen LogP contribution in [0.3, 0.4) is 0 Å². The van der Waals surface area contributed by atoms with E-state index in [9.17, 15) is 4.79 Å². The van der Waals surface area contributed by atoms with Crippen LogP contribution in [-0.4, -0.2) is 36.5 Å². The molecule has 13 heavy (non-hydrogen) atoms. The van der Waals surface area contributed by atoms with Crippen LogP contribution in [0.2, 0.25) is 0 Å². The Kier molecular flexibility index (Phi) is 2.28. The summed E-state index contributed by atoms with van der Waals surface area (Å²) < 4.78 is 0. The lowest BCUT2D eigenvalue weighted by molar-refractivity contribution is -0.123. The fourth-order valence-electron chi connectivity index (χ4n) is 2.45. The van der Waals surface area contributed by atoms with Gasteiger partial charge in [-0.2, -0.15) is 0 Å². The van der Waals surface area contributed by atoms with E-state index in [0.717, 1.165) is 6.54 Å². The number of likely N-dealkylation sites (tertiary alicyclic amines) is 1. The van der Waals surface area contributed by atoms with Crippen molar-refractivity contribution in [2.45, 2.75) is 37.6 Å². The lowest BCUT2D eigenvalue weighted by Gasteiger charge is -2.59. The molecule has 2 rings (SSSR count). The van der Waals surface area contributed by atoms with Gasteiger partial charge in [-0.05, 0) is 25.7 Å². The van der Waals surface area contributed by atoms with E-state index in [1.165, 1.54) is 32.2 Å². The maximum atomic E-state index is 11.0. The second-order valence-electron chi connectivity index (χ2n) is 4.24. The maximum Gasteiger partial charge on any atom is 0.221 e. The van der Waals surface area contributed by atoms with E-state index in [4.69, 9.17) is 0 Å². The van der Waals surface area contributed by atoms with Crippen LogP contribution in [0.25, 0.3) is 0 Å². The summed E-state index contributed by atoms with van der Waals surface area (Å²) in [7, 11) is 1.71. The largest absolute Gasteiger partial charge is 0.359 e. The van der Waals surface area contributed by atoms with Gasteiger partial charge in [-0.1, -0.05) is 0 Å². The number of carbonyl (C=O) groups excluding carboxylic acids is 1. The summed E-state index contributed by atoms with van der Waals surface area (Å²) in [6.45, 7) is 2.16. The highest BCUT2D eigenvalue weighted by molar-refractivity contribution is 5.75. The van der Waals surface area contributed by atoms with Gasteiger partial charge in [0.15, 0.2) is 0 Å². The topological polar surface area (TPSA) is 32.3 Å². The van der Waals surface area contributed by atoms with E-state index >= 15 is 0 Å². The third-order valence-electron chi connectivity index (χ3n) is 3.69. The lowest BCUT2D eigenvalue weighted by Crippen LogP contribution is -2.63. The molecule has 1 N–H and O–H groups in total. The summed E-state index contributed by atoms with van der Waals surface area (Å²) in [5.41, 5.74) is 0.550. The van der Waals surface area contributed by atoms with Crippen LogP contribution in [-0.2, 0) is 4.79 Å². The third-order valence-corrected chi connectivity index (χ3v) is 3.69. The second-order valence-corrected chi connectivity index (χ2v) is 4.24. The van der Waals surface area contributed by atoms with Crippen LogP contribution in [0.1, 0.15) is 32.1 Å². The Bertz CT molecular complexity index is 205. The standard InChI is InChI=1S/C10H18N2O/c1-11-9(13)3-7-12-8-6-10(12)4-2-5-10/h2-8H2,1H3,(H,11,13). The van der Waals surface area contributed by atoms with Crippen LogP contribution in [0, 0.1) is 0 Å². The van der Waals surface area contributed by atoms with Crippen LogP contribution in [0.15, 0.2) is 0 Å². The molecule has 2 fully saturated rings. The van der Waals surface area contributed by atoms with Crippen LogP contribution in [0.4, 0.5) is 0 Å². The summed E-state index contributed by atoms with van der Waals surface area (Å²) in [6.07, 6.45) is 6.14. The zero-order valence-corrected chi connectivity index (χ0v) is 8.31. The lowest BCUT2D eigenvalue weighted by atomic mass is 9.68. The summed E-state index contributed by atoms with van der Waals surface area (Å²) in [5, 5.41) is 2.67. The van der Waals surface area contributed by atoms with Gasteiger partial charge in [0.05, 0.1) is 0 Å². The van der Waals surface area contributed by atoms with E-state index in [-0.39, 0.29) is 5.91 Å². The third kappa shape index (κ3) is 1.46. The average molecular weight is 182 g/mol. The van der Waals surface area contributed by atoms with E-state index in [1.54, 1.807) is 7.05 Å². The molecule has 1 heterocycles. The predicted molar refractivity (Wildman–Crippen MR) is 51.5 cm³/mol.